The van der Waals surface area contributed by atoms with Crippen molar-refractivity contribution in [3.05, 3.63) is 22.4 Å². The van der Waals surface area contributed by atoms with Crippen LogP contribution < -0.4 is 5.32 Å². The fourth-order valence-electron chi connectivity index (χ4n) is 1.53. The molecule has 1 rings (SSSR count). The van der Waals surface area contributed by atoms with Crippen molar-refractivity contribution in [2.75, 3.05) is 6.54 Å². The van der Waals surface area contributed by atoms with Crippen molar-refractivity contribution in [2.24, 2.45) is 11.3 Å². The molecule has 0 saturated carbocycles. The largest absolute Gasteiger partial charge is 0.313 e. The molecule has 0 aliphatic rings. The molecule has 0 radical (unpaired) electrons. The van der Waals surface area contributed by atoms with Gasteiger partial charge in [0.1, 0.15) is 0 Å². The van der Waals surface area contributed by atoms with Gasteiger partial charge in [-0.2, -0.15) is 0 Å². The minimum Gasteiger partial charge on any atom is -0.313 e. The van der Waals surface area contributed by atoms with E-state index in [4.69, 9.17) is 0 Å². The fourth-order valence-corrected chi connectivity index (χ4v) is 2.40. The Balaban J connectivity index is 2.28. The van der Waals surface area contributed by atoms with Gasteiger partial charge in [0.25, 0.3) is 0 Å². The van der Waals surface area contributed by atoms with Crippen molar-refractivity contribution in [1.29, 1.82) is 0 Å². The third kappa shape index (κ3) is 4.67. The minimum absolute atomic E-state index is 0.350. The van der Waals surface area contributed by atoms with Gasteiger partial charge < -0.3 is 5.32 Å². The number of hydrogen-bond acceptors (Lipinski definition) is 2. The van der Waals surface area contributed by atoms with Gasteiger partial charge in [-0.05, 0) is 42.7 Å². The van der Waals surface area contributed by atoms with Crippen LogP contribution in [0.25, 0.3) is 0 Å². The maximum atomic E-state index is 3.64. The summed E-state index contributed by atoms with van der Waals surface area (Å²) in [4.78, 5) is 1.50. The van der Waals surface area contributed by atoms with Crippen LogP contribution in [0.1, 0.15) is 39.5 Å². The average Bonchev–Trinajstić information content (AvgIpc) is 2.65. The first-order chi connectivity index (χ1) is 7.39. The molecule has 0 spiro atoms. The van der Waals surface area contributed by atoms with E-state index >= 15 is 0 Å². The summed E-state index contributed by atoms with van der Waals surface area (Å²) in [5, 5.41) is 5.80. The van der Waals surface area contributed by atoms with Crippen molar-refractivity contribution in [2.45, 2.75) is 47.1 Å². The van der Waals surface area contributed by atoms with Crippen LogP contribution in [0.3, 0.4) is 0 Å². The van der Waals surface area contributed by atoms with Crippen molar-refractivity contribution in [3.8, 4) is 0 Å². The van der Waals surface area contributed by atoms with Crippen LogP contribution in [0.15, 0.2) is 17.5 Å². The normalized spacial score (nSPS) is 16.1. The molecular weight excluding hydrogens is 214 g/mol. The van der Waals surface area contributed by atoms with E-state index in [2.05, 4.69) is 57.4 Å². The summed E-state index contributed by atoms with van der Waals surface area (Å²) >= 11 is 1.86. The second-order valence-electron chi connectivity index (χ2n) is 5.88. The fraction of sp³-hybridized carbons (Fsp3) is 0.714. The Labute approximate surface area is 104 Å². The van der Waals surface area contributed by atoms with Gasteiger partial charge in [0.05, 0.1) is 0 Å². The summed E-state index contributed by atoms with van der Waals surface area (Å²) in [7, 11) is 0. The molecule has 2 atom stereocenters. The van der Waals surface area contributed by atoms with E-state index in [0.29, 0.717) is 17.4 Å². The number of thiophene rings is 1. The van der Waals surface area contributed by atoms with Gasteiger partial charge in [-0.15, -0.1) is 11.3 Å². The minimum atomic E-state index is 0.350. The van der Waals surface area contributed by atoms with Gasteiger partial charge >= 0.3 is 0 Å². The summed E-state index contributed by atoms with van der Waals surface area (Å²) in [6.07, 6.45) is 1.20. The summed E-state index contributed by atoms with van der Waals surface area (Å²) in [6, 6.07) is 4.94. The number of hydrogen-bond donors (Lipinski definition) is 1. The SMILES string of the molecule is CC(CNC(C)C(C)(C)C)Cc1cccs1. The zero-order chi connectivity index (χ0) is 12.2. The smallest absolute Gasteiger partial charge is 0.00873 e. The van der Waals surface area contributed by atoms with Gasteiger partial charge in [0.2, 0.25) is 0 Å². The van der Waals surface area contributed by atoms with Gasteiger partial charge in [0.15, 0.2) is 0 Å². The third-order valence-electron chi connectivity index (χ3n) is 3.20. The molecule has 1 aromatic heterocycles. The Hall–Kier alpha value is -0.340. The maximum Gasteiger partial charge on any atom is 0.00873 e. The van der Waals surface area contributed by atoms with Crippen LogP contribution >= 0.6 is 11.3 Å². The molecule has 0 bridgehead atoms. The lowest BCUT2D eigenvalue weighted by Gasteiger charge is -2.29. The molecule has 0 aliphatic carbocycles. The first-order valence-electron chi connectivity index (χ1n) is 6.15. The van der Waals surface area contributed by atoms with Gasteiger partial charge in [-0.1, -0.05) is 33.8 Å². The molecule has 0 aliphatic heterocycles. The van der Waals surface area contributed by atoms with Crippen molar-refractivity contribution < 1.29 is 0 Å². The van der Waals surface area contributed by atoms with Crippen LogP contribution in [0.5, 0.6) is 0 Å². The van der Waals surface area contributed by atoms with E-state index in [1.807, 2.05) is 11.3 Å². The molecule has 0 amide bonds. The van der Waals surface area contributed by atoms with Gasteiger partial charge in [-0.25, -0.2) is 0 Å². The van der Waals surface area contributed by atoms with Crippen LogP contribution in [0.4, 0.5) is 0 Å². The number of nitrogens with one attached hydrogen (secondary N) is 1. The zero-order valence-electron chi connectivity index (χ0n) is 11.2. The molecule has 92 valence electrons. The molecule has 1 heterocycles. The highest BCUT2D eigenvalue weighted by molar-refractivity contribution is 7.09. The summed E-state index contributed by atoms with van der Waals surface area (Å²) in [5.41, 5.74) is 0.350. The monoisotopic (exact) mass is 239 g/mol. The first-order valence-corrected chi connectivity index (χ1v) is 7.03. The highest BCUT2D eigenvalue weighted by atomic mass is 32.1. The van der Waals surface area contributed by atoms with E-state index < -0.39 is 0 Å². The third-order valence-corrected chi connectivity index (χ3v) is 4.10. The molecule has 0 fully saturated rings. The Bertz CT molecular complexity index is 284. The van der Waals surface area contributed by atoms with E-state index in [0.717, 1.165) is 6.54 Å². The Morgan fingerprint density at radius 2 is 2.00 bits per heavy atom. The van der Waals surface area contributed by atoms with Crippen molar-refractivity contribution >= 4 is 11.3 Å². The molecular formula is C14H25NS. The Kier molecular flexibility index (Phi) is 5.00. The second-order valence-corrected chi connectivity index (χ2v) is 6.92. The molecule has 2 unspecified atom stereocenters. The van der Waals surface area contributed by atoms with Crippen molar-refractivity contribution in [3.63, 3.8) is 0 Å². The van der Waals surface area contributed by atoms with Crippen LogP contribution in [0, 0.1) is 11.3 Å². The molecule has 1 nitrogen and oxygen atoms in total. The van der Waals surface area contributed by atoms with Crippen LogP contribution in [0.2, 0.25) is 0 Å². The van der Waals surface area contributed by atoms with Gasteiger partial charge in [-0.3, -0.25) is 0 Å². The van der Waals surface area contributed by atoms with E-state index in [9.17, 15) is 0 Å². The summed E-state index contributed by atoms with van der Waals surface area (Å²) in [5.74, 6) is 0.712. The standard InChI is InChI=1S/C14H25NS/c1-11(9-13-7-6-8-16-13)10-15-12(2)14(3,4)5/h6-8,11-12,15H,9-10H2,1-5H3. The molecule has 16 heavy (non-hydrogen) atoms. The molecule has 2 heteroatoms. The molecule has 1 aromatic rings. The lowest BCUT2D eigenvalue weighted by molar-refractivity contribution is 0.275. The highest BCUT2D eigenvalue weighted by Crippen LogP contribution is 2.19. The lowest BCUT2D eigenvalue weighted by atomic mass is 9.88. The molecule has 0 saturated heterocycles. The first kappa shape index (κ1) is 13.7. The quantitative estimate of drug-likeness (QED) is 0.820. The zero-order valence-corrected chi connectivity index (χ0v) is 12.0. The maximum absolute atomic E-state index is 3.64. The predicted molar refractivity (Wildman–Crippen MR) is 74.1 cm³/mol. The van der Waals surface area contributed by atoms with Crippen molar-refractivity contribution in [1.82, 2.24) is 5.32 Å². The van der Waals surface area contributed by atoms with Crippen LogP contribution in [-0.2, 0) is 6.42 Å². The summed E-state index contributed by atoms with van der Waals surface area (Å²) in [6.45, 7) is 12.6. The molecule has 0 aromatic carbocycles. The average molecular weight is 239 g/mol. The Morgan fingerprint density at radius 1 is 1.31 bits per heavy atom. The number of rotatable bonds is 5. The topological polar surface area (TPSA) is 12.0 Å². The highest BCUT2D eigenvalue weighted by Gasteiger charge is 2.19. The van der Waals surface area contributed by atoms with E-state index in [1.165, 1.54) is 11.3 Å². The summed E-state index contributed by atoms with van der Waals surface area (Å²) < 4.78 is 0. The van der Waals surface area contributed by atoms with E-state index in [-0.39, 0.29) is 0 Å². The Morgan fingerprint density at radius 3 is 2.50 bits per heavy atom. The molecule has 1 N–H and O–H groups in total. The van der Waals surface area contributed by atoms with Crippen LogP contribution in [-0.4, -0.2) is 12.6 Å². The predicted octanol–water partition coefficient (Wildman–Crippen LogP) is 3.95. The van der Waals surface area contributed by atoms with Gasteiger partial charge in [0, 0.05) is 10.9 Å². The second kappa shape index (κ2) is 5.83. The lowest BCUT2D eigenvalue weighted by Crippen LogP contribution is -2.40. The van der Waals surface area contributed by atoms with E-state index in [1.54, 1.807) is 0 Å².